The van der Waals surface area contributed by atoms with Crippen molar-refractivity contribution in [2.45, 2.75) is 13.0 Å². The van der Waals surface area contributed by atoms with Gasteiger partial charge in [0, 0.05) is 11.5 Å². The molecular weight excluding hydrogens is 122 g/mol. The minimum Gasteiger partial charge on any atom is -0.323 e. The van der Waals surface area contributed by atoms with Crippen molar-refractivity contribution >= 4 is 0 Å². The standard InChI is InChI=1S/C9H13N/c1-3-9(2)7-5-4-6-8(9)10/h3-8H,1,10H2,2H3. The van der Waals surface area contributed by atoms with Crippen LogP contribution in [0.25, 0.3) is 0 Å². The molecule has 0 amide bonds. The highest BCUT2D eigenvalue weighted by molar-refractivity contribution is 5.25. The zero-order chi connectivity index (χ0) is 7.61. The number of rotatable bonds is 1. The molecule has 2 atom stereocenters. The first-order chi connectivity index (χ1) is 4.69. The molecule has 0 fully saturated rings. The third kappa shape index (κ3) is 1.05. The highest BCUT2D eigenvalue weighted by Gasteiger charge is 2.24. The number of hydrogen-bond acceptors (Lipinski definition) is 1. The van der Waals surface area contributed by atoms with Crippen molar-refractivity contribution in [1.82, 2.24) is 0 Å². The van der Waals surface area contributed by atoms with Crippen LogP contribution in [-0.2, 0) is 0 Å². The fraction of sp³-hybridized carbons (Fsp3) is 0.333. The van der Waals surface area contributed by atoms with Gasteiger partial charge >= 0.3 is 0 Å². The summed E-state index contributed by atoms with van der Waals surface area (Å²) in [5.74, 6) is 0. The van der Waals surface area contributed by atoms with Crippen LogP contribution in [0.3, 0.4) is 0 Å². The molecule has 1 aliphatic carbocycles. The lowest BCUT2D eigenvalue weighted by atomic mass is 9.80. The van der Waals surface area contributed by atoms with Crippen LogP contribution in [0.4, 0.5) is 0 Å². The van der Waals surface area contributed by atoms with Crippen LogP contribution >= 0.6 is 0 Å². The fourth-order valence-electron chi connectivity index (χ4n) is 0.969. The molecule has 0 saturated heterocycles. The van der Waals surface area contributed by atoms with Crippen LogP contribution in [0.15, 0.2) is 37.0 Å². The smallest absolute Gasteiger partial charge is 0.0352 e. The average Bonchev–Trinajstić information content (AvgIpc) is 1.96. The summed E-state index contributed by atoms with van der Waals surface area (Å²) in [6, 6.07) is 0.0787. The van der Waals surface area contributed by atoms with Gasteiger partial charge in [0.05, 0.1) is 0 Å². The summed E-state index contributed by atoms with van der Waals surface area (Å²) in [5, 5.41) is 0. The molecular formula is C9H13N. The van der Waals surface area contributed by atoms with E-state index in [1.807, 2.05) is 24.3 Å². The van der Waals surface area contributed by atoms with Gasteiger partial charge in [-0.1, -0.05) is 37.3 Å². The Kier molecular flexibility index (Phi) is 1.77. The van der Waals surface area contributed by atoms with E-state index < -0.39 is 0 Å². The molecule has 2 N–H and O–H groups in total. The summed E-state index contributed by atoms with van der Waals surface area (Å²) in [6.45, 7) is 5.82. The van der Waals surface area contributed by atoms with E-state index in [1.54, 1.807) is 0 Å². The van der Waals surface area contributed by atoms with Gasteiger partial charge in [-0.3, -0.25) is 0 Å². The largest absolute Gasteiger partial charge is 0.323 e. The molecule has 10 heavy (non-hydrogen) atoms. The minimum atomic E-state index is -0.0469. The normalized spacial score (nSPS) is 38.0. The molecule has 1 rings (SSSR count). The van der Waals surface area contributed by atoms with Crippen molar-refractivity contribution in [3.8, 4) is 0 Å². The Hall–Kier alpha value is -0.820. The van der Waals surface area contributed by atoms with E-state index in [4.69, 9.17) is 5.73 Å². The quantitative estimate of drug-likeness (QED) is 0.543. The van der Waals surface area contributed by atoms with Crippen molar-refractivity contribution in [2.24, 2.45) is 11.1 Å². The van der Waals surface area contributed by atoms with Crippen LogP contribution in [-0.4, -0.2) is 6.04 Å². The lowest BCUT2D eigenvalue weighted by Crippen LogP contribution is -2.35. The molecule has 1 nitrogen and oxygen atoms in total. The summed E-state index contributed by atoms with van der Waals surface area (Å²) in [6.07, 6.45) is 9.92. The predicted octanol–water partition coefficient (Wildman–Crippen LogP) is 1.63. The van der Waals surface area contributed by atoms with E-state index in [0.717, 1.165) is 0 Å². The molecule has 0 heterocycles. The Bertz CT molecular complexity index is 191. The van der Waals surface area contributed by atoms with Crippen LogP contribution in [0.2, 0.25) is 0 Å². The van der Waals surface area contributed by atoms with Gasteiger partial charge in [-0.05, 0) is 0 Å². The maximum atomic E-state index is 5.81. The summed E-state index contributed by atoms with van der Waals surface area (Å²) in [5.41, 5.74) is 5.77. The molecule has 2 unspecified atom stereocenters. The molecule has 0 spiro atoms. The van der Waals surface area contributed by atoms with Gasteiger partial charge in [0.2, 0.25) is 0 Å². The third-order valence-electron chi connectivity index (χ3n) is 2.04. The molecule has 0 radical (unpaired) electrons. The number of hydrogen-bond donors (Lipinski definition) is 1. The zero-order valence-electron chi connectivity index (χ0n) is 6.25. The van der Waals surface area contributed by atoms with Crippen LogP contribution in [0, 0.1) is 5.41 Å². The Morgan fingerprint density at radius 2 is 2.30 bits per heavy atom. The van der Waals surface area contributed by atoms with Gasteiger partial charge in [-0.25, -0.2) is 0 Å². The molecule has 1 heteroatoms. The number of allylic oxidation sites excluding steroid dienone is 2. The molecule has 1 aliphatic rings. The molecule has 54 valence electrons. The highest BCUT2D eigenvalue weighted by Crippen LogP contribution is 2.26. The van der Waals surface area contributed by atoms with Gasteiger partial charge in [-0.2, -0.15) is 0 Å². The summed E-state index contributed by atoms with van der Waals surface area (Å²) in [4.78, 5) is 0. The molecule has 0 aromatic heterocycles. The predicted molar refractivity (Wildman–Crippen MR) is 44.6 cm³/mol. The van der Waals surface area contributed by atoms with E-state index in [9.17, 15) is 0 Å². The first-order valence-electron chi connectivity index (χ1n) is 3.44. The number of nitrogens with two attached hydrogens (primary N) is 1. The summed E-state index contributed by atoms with van der Waals surface area (Å²) >= 11 is 0. The van der Waals surface area contributed by atoms with Crippen molar-refractivity contribution in [3.63, 3.8) is 0 Å². The minimum absolute atomic E-state index is 0.0469. The molecule has 0 aromatic carbocycles. The maximum absolute atomic E-state index is 5.81. The summed E-state index contributed by atoms with van der Waals surface area (Å²) in [7, 11) is 0. The van der Waals surface area contributed by atoms with Gasteiger partial charge in [0.1, 0.15) is 0 Å². The van der Waals surface area contributed by atoms with E-state index in [-0.39, 0.29) is 11.5 Å². The topological polar surface area (TPSA) is 26.0 Å². The Morgan fingerprint density at radius 1 is 1.60 bits per heavy atom. The van der Waals surface area contributed by atoms with Crippen molar-refractivity contribution in [2.75, 3.05) is 0 Å². The van der Waals surface area contributed by atoms with Crippen LogP contribution in [0.5, 0.6) is 0 Å². The zero-order valence-corrected chi connectivity index (χ0v) is 6.25. The van der Waals surface area contributed by atoms with Gasteiger partial charge < -0.3 is 5.73 Å². The average molecular weight is 135 g/mol. The van der Waals surface area contributed by atoms with E-state index in [2.05, 4.69) is 19.6 Å². The van der Waals surface area contributed by atoms with Crippen molar-refractivity contribution in [3.05, 3.63) is 37.0 Å². The monoisotopic (exact) mass is 135 g/mol. The van der Waals surface area contributed by atoms with Gasteiger partial charge in [0.15, 0.2) is 0 Å². The SMILES string of the molecule is C=CC1(C)C=CC=CC1N. The Labute approximate surface area is 61.9 Å². The first-order valence-corrected chi connectivity index (χ1v) is 3.44. The van der Waals surface area contributed by atoms with E-state index in [1.165, 1.54) is 0 Å². The maximum Gasteiger partial charge on any atom is 0.0352 e. The van der Waals surface area contributed by atoms with E-state index in [0.29, 0.717) is 0 Å². The Balaban J connectivity index is 2.87. The van der Waals surface area contributed by atoms with Crippen molar-refractivity contribution in [1.29, 1.82) is 0 Å². The van der Waals surface area contributed by atoms with Crippen molar-refractivity contribution < 1.29 is 0 Å². The first kappa shape index (κ1) is 7.29. The van der Waals surface area contributed by atoms with Crippen LogP contribution in [0.1, 0.15) is 6.92 Å². The second-order valence-corrected chi connectivity index (χ2v) is 2.84. The molecule has 0 aromatic rings. The third-order valence-corrected chi connectivity index (χ3v) is 2.04. The molecule has 0 bridgehead atoms. The second-order valence-electron chi connectivity index (χ2n) is 2.84. The lowest BCUT2D eigenvalue weighted by molar-refractivity contribution is 0.481. The van der Waals surface area contributed by atoms with Gasteiger partial charge in [0.25, 0.3) is 0 Å². The lowest BCUT2D eigenvalue weighted by Gasteiger charge is -2.28. The molecule has 0 aliphatic heterocycles. The Morgan fingerprint density at radius 3 is 2.70 bits per heavy atom. The summed E-state index contributed by atoms with van der Waals surface area (Å²) < 4.78 is 0. The highest BCUT2D eigenvalue weighted by atomic mass is 14.7. The molecule has 0 saturated carbocycles. The van der Waals surface area contributed by atoms with Gasteiger partial charge in [-0.15, -0.1) is 6.58 Å². The second kappa shape index (κ2) is 2.43. The fourth-order valence-corrected chi connectivity index (χ4v) is 0.969. The van der Waals surface area contributed by atoms with E-state index >= 15 is 0 Å². The van der Waals surface area contributed by atoms with Crippen LogP contribution < -0.4 is 5.73 Å².